The third-order valence-electron chi connectivity index (χ3n) is 5.48. The highest BCUT2D eigenvalue weighted by atomic mass is 35.5. The van der Waals surface area contributed by atoms with Crippen molar-refractivity contribution < 1.29 is 14.3 Å². The second-order valence-electron chi connectivity index (χ2n) is 7.79. The van der Waals surface area contributed by atoms with Crippen molar-refractivity contribution in [3.63, 3.8) is 0 Å². The molecule has 1 fully saturated rings. The number of thiophene rings is 1. The van der Waals surface area contributed by atoms with Crippen LogP contribution < -0.4 is 5.32 Å². The Balaban J connectivity index is 1.78. The molecule has 0 spiro atoms. The molecule has 0 saturated carbocycles. The first-order valence-electron chi connectivity index (χ1n) is 10.5. The van der Waals surface area contributed by atoms with E-state index in [1.165, 1.54) is 24.2 Å². The second kappa shape index (κ2) is 10.4. The van der Waals surface area contributed by atoms with Crippen molar-refractivity contribution in [1.82, 2.24) is 4.90 Å². The molecule has 0 radical (unpaired) electrons. The van der Waals surface area contributed by atoms with E-state index in [0.29, 0.717) is 22.0 Å². The number of rotatable bonds is 7. The smallest absolute Gasteiger partial charge is 0.341 e. The van der Waals surface area contributed by atoms with Crippen molar-refractivity contribution in [2.45, 2.75) is 40.0 Å². The first-order valence-corrected chi connectivity index (χ1v) is 11.7. The van der Waals surface area contributed by atoms with Crippen molar-refractivity contribution in [3.05, 3.63) is 39.7 Å². The minimum Gasteiger partial charge on any atom is -0.462 e. The number of likely N-dealkylation sites (tertiary alicyclic amines) is 1. The zero-order valence-corrected chi connectivity index (χ0v) is 19.4. The van der Waals surface area contributed by atoms with Crippen molar-refractivity contribution in [3.8, 4) is 11.1 Å². The van der Waals surface area contributed by atoms with Crippen LogP contribution >= 0.6 is 22.9 Å². The van der Waals surface area contributed by atoms with Crippen LogP contribution in [0, 0.1) is 12.8 Å². The Morgan fingerprint density at radius 3 is 2.53 bits per heavy atom. The molecule has 1 amide bonds. The highest BCUT2D eigenvalue weighted by Gasteiger charge is 2.26. The van der Waals surface area contributed by atoms with Crippen LogP contribution in [-0.4, -0.2) is 43.0 Å². The molecule has 1 aliphatic rings. The maximum atomic E-state index is 12.8. The van der Waals surface area contributed by atoms with Crippen LogP contribution in [0.5, 0.6) is 0 Å². The van der Waals surface area contributed by atoms with Crippen LogP contribution in [0.4, 0.5) is 5.00 Å². The molecule has 2 heterocycles. The molecule has 1 aliphatic heterocycles. The van der Waals surface area contributed by atoms with Crippen molar-refractivity contribution in [2.75, 3.05) is 31.6 Å². The molecular formula is C23H29ClN2O3S. The lowest BCUT2D eigenvalue weighted by Crippen LogP contribution is -2.35. The average Bonchev–Trinajstić information content (AvgIpc) is 3.04. The summed E-state index contributed by atoms with van der Waals surface area (Å²) in [5.74, 6) is 0.262. The third kappa shape index (κ3) is 5.62. The number of hydrogen-bond acceptors (Lipinski definition) is 5. The molecule has 3 rings (SSSR count). The lowest BCUT2D eigenvalue weighted by molar-refractivity contribution is -0.116. The zero-order chi connectivity index (χ0) is 21.7. The molecule has 0 bridgehead atoms. The van der Waals surface area contributed by atoms with Crippen molar-refractivity contribution in [2.24, 2.45) is 5.92 Å². The predicted molar refractivity (Wildman–Crippen MR) is 124 cm³/mol. The van der Waals surface area contributed by atoms with E-state index in [1.807, 2.05) is 19.1 Å². The molecule has 5 nitrogen and oxygen atoms in total. The fourth-order valence-corrected chi connectivity index (χ4v) is 4.94. The topological polar surface area (TPSA) is 58.6 Å². The molecule has 0 unspecified atom stereocenters. The molecule has 0 atom stereocenters. The third-order valence-corrected chi connectivity index (χ3v) is 6.75. The van der Waals surface area contributed by atoms with Gasteiger partial charge >= 0.3 is 5.97 Å². The molecule has 1 aromatic carbocycles. The van der Waals surface area contributed by atoms with Gasteiger partial charge in [-0.05, 0) is 63.4 Å². The van der Waals surface area contributed by atoms with Gasteiger partial charge in [0.05, 0.1) is 6.61 Å². The van der Waals surface area contributed by atoms with E-state index in [1.54, 1.807) is 19.1 Å². The van der Waals surface area contributed by atoms with Crippen LogP contribution in [0.25, 0.3) is 11.1 Å². The summed E-state index contributed by atoms with van der Waals surface area (Å²) in [5.41, 5.74) is 2.08. The van der Waals surface area contributed by atoms with Crippen molar-refractivity contribution >= 4 is 39.8 Å². The van der Waals surface area contributed by atoms with E-state index in [9.17, 15) is 9.59 Å². The number of aryl methyl sites for hydroxylation is 1. The Kier molecular flexibility index (Phi) is 7.92. The maximum Gasteiger partial charge on any atom is 0.341 e. The summed E-state index contributed by atoms with van der Waals surface area (Å²) in [6, 6.07) is 7.34. The molecular weight excluding hydrogens is 420 g/mol. The number of ether oxygens (including phenoxy) is 1. The number of nitrogens with zero attached hydrogens (tertiary/aromatic N) is 1. The highest BCUT2D eigenvalue weighted by Crippen LogP contribution is 2.40. The fourth-order valence-electron chi connectivity index (χ4n) is 3.73. The van der Waals surface area contributed by atoms with Gasteiger partial charge < -0.3 is 15.0 Å². The van der Waals surface area contributed by atoms with Gasteiger partial charge in [0.25, 0.3) is 0 Å². The van der Waals surface area contributed by atoms with Crippen LogP contribution in [-0.2, 0) is 9.53 Å². The Hall–Kier alpha value is -1.89. The number of halogens is 1. The summed E-state index contributed by atoms with van der Waals surface area (Å²) < 4.78 is 5.30. The summed E-state index contributed by atoms with van der Waals surface area (Å²) >= 11 is 7.43. The predicted octanol–water partition coefficient (Wildman–Crippen LogP) is 5.61. The fraction of sp³-hybridized carbons (Fsp3) is 0.478. The summed E-state index contributed by atoms with van der Waals surface area (Å²) in [6.07, 6.45) is 2.77. The highest BCUT2D eigenvalue weighted by molar-refractivity contribution is 7.17. The Labute approximate surface area is 187 Å². The number of hydrogen-bond donors (Lipinski definition) is 1. The number of carbonyl (C=O) groups is 2. The summed E-state index contributed by atoms with van der Waals surface area (Å²) in [6.45, 7) is 9.09. The average molecular weight is 449 g/mol. The number of anilines is 1. The van der Waals surface area contributed by atoms with Gasteiger partial charge in [0.1, 0.15) is 10.6 Å². The Morgan fingerprint density at radius 1 is 1.23 bits per heavy atom. The quantitative estimate of drug-likeness (QED) is 0.559. The molecule has 2 aromatic rings. The van der Waals surface area contributed by atoms with Gasteiger partial charge in [-0.1, -0.05) is 30.7 Å². The van der Waals surface area contributed by atoms with E-state index in [2.05, 4.69) is 17.1 Å². The van der Waals surface area contributed by atoms with Crippen LogP contribution in [0.2, 0.25) is 5.02 Å². The number of esters is 1. The summed E-state index contributed by atoms with van der Waals surface area (Å²) in [5, 5.41) is 4.15. The molecule has 30 heavy (non-hydrogen) atoms. The van der Waals surface area contributed by atoms with E-state index in [0.717, 1.165) is 41.6 Å². The standard InChI is InChI=1S/C23H29ClN2O3S/c1-4-29-23(28)21-20(17-5-7-18(24)8-6-17)16(3)30-22(21)25-19(27)11-14-26-12-9-15(2)10-13-26/h5-8,15H,4,9-14H2,1-3H3,(H,25,27). The molecule has 7 heteroatoms. The van der Waals surface area contributed by atoms with E-state index < -0.39 is 5.97 Å². The summed E-state index contributed by atoms with van der Waals surface area (Å²) in [4.78, 5) is 28.7. The summed E-state index contributed by atoms with van der Waals surface area (Å²) in [7, 11) is 0. The van der Waals surface area contributed by atoms with Gasteiger partial charge in [-0.15, -0.1) is 11.3 Å². The SMILES string of the molecule is CCOC(=O)c1c(NC(=O)CCN2CCC(C)CC2)sc(C)c1-c1ccc(Cl)cc1. The lowest BCUT2D eigenvalue weighted by atomic mass is 9.99. The molecule has 1 aromatic heterocycles. The number of piperidine rings is 1. The van der Waals surface area contributed by atoms with Gasteiger partial charge in [-0.3, -0.25) is 4.79 Å². The maximum absolute atomic E-state index is 12.8. The minimum absolute atomic E-state index is 0.0805. The normalized spacial score (nSPS) is 15.2. The van der Waals surface area contributed by atoms with Crippen LogP contribution in [0.3, 0.4) is 0 Å². The molecule has 1 N–H and O–H groups in total. The zero-order valence-electron chi connectivity index (χ0n) is 17.8. The largest absolute Gasteiger partial charge is 0.462 e. The van der Waals surface area contributed by atoms with Gasteiger partial charge in [0.15, 0.2) is 0 Å². The second-order valence-corrected chi connectivity index (χ2v) is 9.45. The molecule has 0 aliphatic carbocycles. The first-order chi connectivity index (χ1) is 14.4. The number of amides is 1. The molecule has 1 saturated heterocycles. The molecule has 162 valence electrons. The Morgan fingerprint density at radius 2 is 1.90 bits per heavy atom. The van der Waals surface area contributed by atoms with Gasteiger partial charge in [-0.25, -0.2) is 4.79 Å². The number of carbonyl (C=O) groups excluding carboxylic acids is 2. The van der Waals surface area contributed by atoms with Crippen LogP contribution in [0.1, 0.15) is 48.3 Å². The van der Waals surface area contributed by atoms with Crippen molar-refractivity contribution in [1.29, 1.82) is 0 Å². The van der Waals surface area contributed by atoms with Gasteiger partial charge in [-0.2, -0.15) is 0 Å². The first kappa shape index (κ1) is 22.8. The minimum atomic E-state index is -0.424. The van der Waals surface area contributed by atoms with E-state index in [-0.39, 0.29) is 12.5 Å². The van der Waals surface area contributed by atoms with E-state index in [4.69, 9.17) is 16.3 Å². The van der Waals surface area contributed by atoms with Gasteiger partial charge in [0.2, 0.25) is 5.91 Å². The number of nitrogens with one attached hydrogen (secondary N) is 1. The Bertz CT molecular complexity index is 887. The van der Waals surface area contributed by atoms with Crippen LogP contribution in [0.15, 0.2) is 24.3 Å². The number of benzene rings is 1. The lowest BCUT2D eigenvalue weighted by Gasteiger charge is -2.29. The monoisotopic (exact) mass is 448 g/mol. The van der Waals surface area contributed by atoms with Gasteiger partial charge in [0, 0.05) is 28.4 Å². The van der Waals surface area contributed by atoms with E-state index >= 15 is 0 Å².